The second-order valence-corrected chi connectivity index (χ2v) is 6.46. The van der Waals surface area contributed by atoms with Crippen LogP contribution in [0.4, 0.5) is 10.1 Å². The molecule has 2 atom stereocenters. The predicted molar refractivity (Wildman–Crippen MR) is 91.9 cm³/mol. The standard InChI is InChI=1S/C19H20FN3O/c1-14-11-19(13-20,15-5-3-2-4-6-15)8-10-23(14)17-7-9-22-18(24)16(17)12-21/h2-7,9,14H,8,10-11,13H2,1H3,(H,22,24). The van der Waals surface area contributed by atoms with Gasteiger partial charge >= 0.3 is 0 Å². The smallest absolute Gasteiger partial charge is 0.267 e. The Morgan fingerprint density at radius 3 is 2.75 bits per heavy atom. The van der Waals surface area contributed by atoms with E-state index in [-0.39, 0.29) is 17.2 Å². The first kappa shape index (κ1) is 16.3. The van der Waals surface area contributed by atoms with E-state index in [1.165, 1.54) is 0 Å². The Bertz CT molecular complexity index is 811. The first-order chi connectivity index (χ1) is 11.6. The minimum absolute atomic E-state index is 0.0311. The number of halogens is 1. The molecule has 0 radical (unpaired) electrons. The number of rotatable bonds is 3. The van der Waals surface area contributed by atoms with E-state index in [2.05, 4.69) is 4.98 Å². The van der Waals surface area contributed by atoms with Crippen molar-refractivity contribution in [1.82, 2.24) is 4.98 Å². The van der Waals surface area contributed by atoms with Crippen LogP contribution in [0.25, 0.3) is 0 Å². The van der Waals surface area contributed by atoms with Gasteiger partial charge in [0.15, 0.2) is 0 Å². The summed E-state index contributed by atoms with van der Waals surface area (Å²) in [5.41, 5.74) is 0.898. The van der Waals surface area contributed by atoms with Crippen LogP contribution in [-0.2, 0) is 5.41 Å². The van der Waals surface area contributed by atoms with Crippen LogP contribution in [0.2, 0.25) is 0 Å². The van der Waals surface area contributed by atoms with Crippen molar-refractivity contribution in [1.29, 1.82) is 5.26 Å². The fraction of sp³-hybridized carbons (Fsp3) is 0.368. The topological polar surface area (TPSA) is 59.9 Å². The van der Waals surface area contributed by atoms with Gasteiger partial charge in [0, 0.05) is 24.2 Å². The largest absolute Gasteiger partial charge is 0.367 e. The molecule has 1 aliphatic rings. The zero-order valence-electron chi connectivity index (χ0n) is 13.6. The number of piperidine rings is 1. The van der Waals surface area contributed by atoms with Crippen LogP contribution in [0.3, 0.4) is 0 Å². The van der Waals surface area contributed by atoms with Crippen molar-refractivity contribution in [3.63, 3.8) is 0 Å². The maximum absolute atomic E-state index is 14.0. The lowest BCUT2D eigenvalue weighted by molar-refractivity contribution is 0.226. The van der Waals surface area contributed by atoms with Crippen molar-refractivity contribution in [3.05, 3.63) is 64.1 Å². The zero-order chi connectivity index (χ0) is 17.2. The number of H-pyrrole nitrogens is 1. The van der Waals surface area contributed by atoms with E-state index in [0.29, 0.717) is 25.1 Å². The molecular weight excluding hydrogens is 305 g/mol. The van der Waals surface area contributed by atoms with Crippen LogP contribution in [0.15, 0.2) is 47.4 Å². The number of benzene rings is 1. The van der Waals surface area contributed by atoms with E-state index in [9.17, 15) is 14.4 Å². The van der Waals surface area contributed by atoms with Crippen LogP contribution in [0.5, 0.6) is 0 Å². The van der Waals surface area contributed by atoms with E-state index < -0.39 is 12.1 Å². The number of aromatic amines is 1. The lowest BCUT2D eigenvalue weighted by Gasteiger charge is -2.46. The summed E-state index contributed by atoms with van der Waals surface area (Å²) in [6.45, 7) is 2.22. The fourth-order valence-electron chi connectivity index (χ4n) is 3.76. The number of alkyl halides is 1. The van der Waals surface area contributed by atoms with Gasteiger partial charge in [-0.25, -0.2) is 0 Å². The highest BCUT2D eigenvalue weighted by molar-refractivity contribution is 5.59. The summed E-state index contributed by atoms with van der Waals surface area (Å²) in [6, 6.07) is 13.5. The van der Waals surface area contributed by atoms with Gasteiger partial charge in [-0.05, 0) is 31.4 Å². The third-order valence-electron chi connectivity index (χ3n) is 5.05. The van der Waals surface area contributed by atoms with Crippen molar-refractivity contribution >= 4 is 5.69 Å². The molecule has 0 saturated carbocycles. The molecule has 1 aliphatic heterocycles. The van der Waals surface area contributed by atoms with Gasteiger partial charge in [0.2, 0.25) is 0 Å². The summed E-state index contributed by atoms with van der Waals surface area (Å²) in [7, 11) is 0. The van der Waals surface area contributed by atoms with Gasteiger partial charge in [-0.2, -0.15) is 5.26 Å². The van der Waals surface area contributed by atoms with E-state index in [1.54, 1.807) is 12.3 Å². The highest BCUT2D eigenvalue weighted by Crippen LogP contribution is 2.40. The number of nitrogens with one attached hydrogen (secondary N) is 1. The molecule has 0 aliphatic carbocycles. The number of pyridine rings is 1. The Balaban J connectivity index is 1.93. The summed E-state index contributed by atoms with van der Waals surface area (Å²) in [4.78, 5) is 16.4. The van der Waals surface area contributed by atoms with E-state index in [4.69, 9.17) is 0 Å². The second kappa shape index (κ2) is 6.48. The maximum atomic E-state index is 14.0. The lowest BCUT2D eigenvalue weighted by Crippen LogP contribution is -2.49. The molecule has 4 nitrogen and oxygen atoms in total. The van der Waals surface area contributed by atoms with Gasteiger partial charge in [0.05, 0.1) is 12.4 Å². The van der Waals surface area contributed by atoms with Crippen LogP contribution in [0, 0.1) is 11.3 Å². The molecule has 1 N–H and O–H groups in total. The highest BCUT2D eigenvalue weighted by atomic mass is 19.1. The molecular formula is C19H20FN3O. The van der Waals surface area contributed by atoms with E-state index >= 15 is 0 Å². The SMILES string of the molecule is CC1CC(CF)(c2ccccc2)CCN1c1cc[nH]c(=O)c1C#N. The molecule has 2 heterocycles. The van der Waals surface area contributed by atoms with Gasteiger partial charge in [-0.1, -0.05) is 30.3 Å². The molecule has 0 bridgehead atoms. The predicted octanol–water partition coefficient (Wildman–Crippen LogP) is 3.14. The number of nitrogens with zero attached hydrogens (tertiary/aromatic N) is 2. The number of anilines is 1. The third-order valence-corrected chi connectivity index (χ3v) is 5.05. The van der Waals surface area contributed by atoms with E-state index in [1.807, 2.05) is 48.2 Å². The van der Waals surface area contributed by atoms with Gasteiger partial charge in [-0.15, -0.1) is 0 Å². The third kappa shape index (κ3) is 2.69. The summed E-state index contributed by atoms with van der Waals surface area (Å²) < 4.78 is 14.0. The van der Waals surface area contributed by atoms with Crippen molar-refractivity contribution in [2.75, 3.05) is 18.1 Å². The highest BCUT2D eigenvalue weighted by Gasteiger charge is 2.40. The molecule has 5 heteroatoms. The average Bonchev–Trinajstić information content (AvgIpc) is 2.62. The number of nitriles is 1. The minimum atomic E-state index is -0.495. The quantitative estimate of drug-likeness (QED) is 0.943. The summed E-state index contributed by atoms with van der Waals surface area (Å²) in [5, 5.41) is 9.29. The van der Waals surface area contributed by atoms with Gasteiger partial charge in [0.25, 0.3) is 5.56 Å². The molecule has 1 aromatic heterocycles. The first-order valence-electron chi connectivity index (χ1n) is 8.11. The molecule has 1 saturated heterocycles. The Morgan fingerprint density at radius 2 is 2.12 bits per heavy atom. The molecule has 2 unspecified atom stereocenters. The molecule has 0 amide bonds. The molecule has 24 heavy (non-hydrogen) atoms. The van der Waals surface area contributed by atoms with Crippen molar-refractivity contribution in [3.8, 4) is 6.07 Å². The first-order valence-corrected chi connectivity index (χ1v) is 8.11. The number of hydrogen-bond donors (Lipinski definition) is 1. The van der Waals surface area contributed by atoms with Crippen LogP contribution in [-0.4, -0.2) is 24.2 Å². The number of hydrogen-bond acceptors (Lipinski definition) is 3. The van der Waals surface area contributed by atoms with E-state index in [0.717, 1.165) is 5.56 Å². The molecule has 0 spiro atoms. The molecule has 1 aromatic carbocycles. The summed E-state index contributed by atoms with van der Waals surface area (Å²) >= 11 is 0. The number of aromatic nitrogens is 1. The van der Waals surface area contributed by atoms with Crippen LogP contribution >= 0.6 is 0 Å². The average molecular weight is 325 g/mol. The van der Waals surface area contributed by atoms with Gasteiger partial charge < -0.3 is 9.88 Å². The Hall–Kier alpha value is -2.61. The van der Waals surface area contributed by atoms with Crippen molar-refractivity contribution in [2.45, 2.75) is 31.2 Å². The molecule has 124 valence electrons. The molecule has 3 rings (SSSR count). The lowest BCUT2D eigenvalue weighted by atomic mass is 9.71. The summed E-state index contributed by atoms with van der Waals surface area (Å²) in [5.74, 6) is 0. The normalized spacial score (nSPS) is 23.7. The van der Waals surface area contributed by atoms with Crippen molar-refractivity contribution in [2.24, 2.45) is 0 Å². The molecule has 2 aromatic rings. The van der Waals surface area contributed by atoms with Gasteiger partial charge in [-0.3, -0.25) is 9.18 Å². The maximum Gasteiger partial charge on any atom is 0.267 e. The Kier molecular flexibility index (Phi) is 4.39. The Labute approximate surface area is 140 Å². The second-order valence-electron chi connectivity index (χ2n) is 6.46. The minimum Gasteiger partial charge on any atom is -0.367 e. The Morgan fingerprint density at radius 1 is 1.38 bits per heavy atom. The fourth-order valence-corrected chi connectivity index (χ4v) is 3.76. The van der Waals surface area contributed by atoms with Crippen LogP contribution in [0.1, 0.15) is 30.9 Å². The monoisotopic (exact) mass is 325 g/mol. The van der Waals surface area contributed by atoms with Crippen LogP contribution < -0.4 is 10.5 Å². The summed E-state index contributed by atoms with van der Waals surface area (Å²) in [6.07, 6.45) is 2.85. The van der Waals surface area contributed by atoms with Crippen molar-refractivity contribution < 1.29 is 4.39 Å². The zero-order valence-corrected chi connectivity index (χ0v) is 13.6. The van der Waals surface area contributed by atoms with Gasteiger partial charge in [0.1, 0.15) is 11.6 Å². The molecule has 1 fully saturated rings.